The fraction of sp³-hybridized carbons (Fsp3) is 0.667. The normalized spacial score (nSPS) is 23.9. The van der Waals surface area contributed by atoms with E-state index >= 15 is 0 Å². The lowest BCUT2D eigenvalue weighted by molar-refractivity contribution is -0.163. The molecule has 1 aliphatic rings. The minimum atomic E-state index is -0.197. The van der Waals surface area contributed by atoms with Crippen LogP contribution in [0.3, 0.4) is 0 Å². The van der Waals surface area contributed by atoms with Gasteiger partial charge in [0.2, 0.25) is 0 Å². The van der Waals surface area contributed by atoms with Gasteiger partial charge in [0, 0.05) is 6.42 Å². The largest absolute Gasteiger partial charge is 0.462 e. The van der Waals surface area contributed by atoms with E-state index < -0.39 is 0 Å². The molecule has 0 amide bonds. The number of carbonyl (C=O) groups is 2. The minimum Gasteiger partial charge on any atom is -0.462 e. The van der Waals surface area contributed by atoms with E-state index in [0.29, 0.717) is 19.3 Å². The maximum atomic E-state index is 11.9. The van der Waals surface area contributed by atoms with Crippen LogP contribution >= 0.6 is 0 Å². The van der Waals surface area contributed by atoms with Gasteiger partial charge in [-0.15, -0.1) is 13.2 Å². The van der Waals surface area contributed by atoms with Crippen LogP contribution in [0.5, 0.6) is 0 Å². The standard InChI is InChI=1S/C18H28O4/c1-5-8-13(3)17(19)21-15-10-7-11-16(12-15)22-18(20)14(4)9-6-2/h5-6,13-16H,1-2,7-12H2,3-4H3. The van der Waals surface area contributed by atoms with E-state index in [1.807, 2.05) is 13.8 Å². The molecule has 4 nitrogen and oxygen atoms in total. The summed E-state index contributed by atoms with van der Waals surface area (Å²) in [5.74, 6) is -0.741. The van der Waals surface area contributed by atoms with Crippen molar-refractivity contribution in [2.45, 2.75) is 64.6 Å². The second-order valence-corrected chi connectivity index (χ2v) is 6.14. The first kappa shape index (κ1) is 18.5. The summed E-state index contributed by atoms with van der Waals surface area (Å²) in [7, 11) is 0. The highest BCUT2D eigenvalue weighted by Gasteiger charge is 2.29. The molecule has 1 rings (SSSR count). The molecule has 1 fully saturated rings. The molecule has 1 saturated carbocycles. The highest BCUT2D eigenvalue weighted by Crippen LogP contribution is 2.25. The van der Waals surface area contributed by atoms with Gasteiger partial charge in [-0.2, -0.15) is 0 Å². The first-order chi connectivity index (χ1) is 10.5. The van der Waals surface area contributed by atoms with E-state index in [9.17, 15) is 9.59 Å². The predicted octanol–water partition coefficient (Wildman–Crippen LogP) is 3.81. The van der Waals surface area contributed by atoms with Crippen molar-refractivity contribution in [1.82, 2.24) is 0 Å². The van der Waals surface area contributed by atoms with Crippen molar-refractivity contribution in [3.63, 3.8) is 0 Å². The number of carbonyl (C=O) groups excluding carboxylic acids is 2. The van der Waals surface area contributed by atoms with Gasteiger partial charge in [0.25, 0.3) is 0 Å². The molecule has 0 aromatic rings. The Bertz CT molecular complexity index is 366. The Morgan fingerprint density at radius 3 is 1.77 bits per heavy atom. The second kappa shape index (κ2) is 9.44. The van der Waals surface area contributed by atoms with Crippen LogP contribution in [-0.2, 0) is 19.1 Å². The summed E-state index contributed by atoms with van der Waals surface area (Å²) >= 11 is 0. The van der Waals surface area contributed by atoms with Gasteiger partial charge < -0.3 is 9.47 Å². The van der Waals surface area contributed by atoms with Crippen LogP contribution in [0.1, 0.15) is 52.4 Å². The second-order valence-electron chi connectivity index (χ2n) is 6.14. The summed E-state index contributed by atoms with van der Waals surface area (Å²) in [6.07, 6.45) is 7.54. The van der Waals surface area contributed by atoms with Crippen LogP contribution in [0.2, 0.25) is 0 Å². The molecule has 4 unspecified atom stereocenters. The molecule has 22 heavy (non-hydrogen) atoms. The molecule has 0 aromatic heterocycles. The van der Waals surface area contributed by atoms with Gasteiger partial charge in [-0.3, -0.25) is 9.59 Å². The number of esters is 2. The molecule has 4 atom stereocenters. The predicted molar refractivity (Wildman–Crippen MR) is 86.2 cm³/mol. The molecule has 0 aromatic carbocycles. The Balaban J connectivity index is 2.44. The third-order valence-corrected chi connectivity index (χ3v) is 3.99. The fourth-order valence-corrected chi connectivity index (χ4v) is 2.57. The number of hydrogen-bond acceptors (Lipinski definition) is 4. The number of hydrogen-bond donors (Lipinski definition) is 0. The average Bonchev–Trinajstić information content (AvgIpc) is 2.48. The molecule has 0 radical (unpaired) electrons. The summed E-state index contributed by atoms with van der Waals surface area (Å²) in [6.45, 7) is 10.9. The Hall–Kier alpha value is -1.58. The average molecular weight is 308 g/mol. The van der Waals surface area contributed by atoms with Gasteiger partial charge in [0.15, 0.2) is 0 Å². The van der Waals surface area contributed by atoms with Gasteiger partial charge in [-0.05, 0) is 32.1 Å². The van der Waals surface area contributed by atoms with Crippen LogP contribution in [0.15, 0.2) is 25.3 Å². The molecule has 124 valence electrons. The van der Waals surface area contributed by atoms with Crippen LogP contribution in [-0.4, -0.2) is 24.1 Å². The van der Waals surface area contributed by atoms with E-state index in [1.165, 1.54) is 0 Å². The number of allylic oxidation sites excluding steroid dienone is 2. The topological polar surface area (TPSA) is 52.6 Å². The maximum Gasteiger partial charge on any atom is 0.309 e. The monoisotopic (exact) mass is 308 g/mol. The molecule has 0 saturated heterocycles. The quantitative estimate of drug-likeness (QED) is 0.505. The molecular weight excluding hydrogens is 280 g/mol. The van der Waals surface area contributed by atoms with Crippen LogP contribution < -0.4 is 0 Å². The van der Waals surface area contributed by atoms with Crippen molar-refractivity contribution in [3.8, 4) is 0 Å². The summed E-state index contributed by atoms with van der Waals surface area (Å²) in [5.41, 5.74) is 0. The highest BCUT2D eigenvalue weighted by molar-refractivity contribution is 5.73. The Labute approximate surface area is 133 Å². The lowest BCUT2D eigenvalue weighted by Gasteiger charge is -2.30. The van der Waals surface area contributed by atoms with Crippen molar-refractivity contribution in [2.24, 2.45) is 11.8 Å². The summed E-state index contributed by atoms with van der Waals surface area (Å²) < 4.78 is 11.1. The molecule has 4 heteroatoms. The molecule has 0 bridgehead atoms. The molecule has 0 heterocycles. The van der Waals surface area contributed by atoms with Crippen molar-refractivity contribution in [1.29, 1.82) is 0 Å². The smallest absolute Gasteiger partial charge is 0.309 e. The summed E-state index contributed by atoms with van der Waals surface area (Å²) in [4.78, 5) is 23.9. The minimum absolute atomic E-state index is 0.152. The summed E-state index contributed by atoms with van der Waals surface area (Å²) in [6, 6.07) is 0. The maximum absolute atomic E-state index is 11.9. The Morgan fingerprint density at radius 2 is 1.41 bits per heavy atom. The zero-order valence-corrected chi connectivity index (χ0v) is 13.8. The third-order valence-electron chi connectivity index (χ3n) is 3.99. The zero-order valence-electron chi connectivity index (χ0n) is 13.8. The number of rotatable bonds is 8. The van der Waals surface area contributed by atoms with Gasteiger partial charge in [0.05, 0.1) is 11.8 Å². The van der Waals surface area contributed by atoms with Crippen molar-refractivity contribution < 1.29 is 19.1 Å². The lowest BCUT2D eigenvalue weighted by atomic mass is 9.94. The molecule has 0 aliphatic heterocycles. The fourth-order valence-electron chi connectivity index (χ4n) is 2.57. The molecule has 1 aliphatic carbocycles. The zero-order chi connectivity index (χ0) is 16.5. The van der Waals surface area contributed by atoms with Gasteiger partial charge in [-0.1, -0.05) is 26.0 Å². The van der Waals surface area contributed by atoms with E-state index in [1.54, 1.807) is 12.2 Å². The van der Waals surface area contributed by atoms with E-state index in [-0.39, 0.29) is 36.0 Å². The Kier molecular flexibility index (Phi) is 7.92. The van der Waals surface area contributed by atoms with Crippen molar-refractivity contribution >= 4 is 11.9 Å². The summed E-state index contributed by atoms with van der Waals surface area (Å²) in [5, 5.41) is 0. The van der Waals surface area contributed by atoms with Crippen LogP contribution in [0.4, 0.5) is 0 Å². The van der Waals surface area contributed by atoms with E-state index in [0.717, 1.165) is 19.3 Å². The van der Waals surface area contributed by atoms with Crippen molar-refractivity contribution in [2.75, 3.05) is 0 Å². The van der Waals surface area contributed by atoms with Gasteiger partial charge in [-0.25, -0.2) is 0 Å². The first-order valence-corrected chi connectivity index (χ1v) is 8.10. The molecule has 0 spiro atoms. The lowest BCUT2D eigenvalue weighted by Crippen LogP contribution is -2.33. The third kappa shape index (κ3) is 6.04. The van der Waals surface area contributed by atoms with E-state index in [2.05, 4.69) is 13.2 Å². The first-order valence-electron chi connectivity index (χ1n) is 8.10. The SMILES string of the molecule is C=CCC(C)C(=O)OC1CCCC(OC(=O)C(C)CC=C)C1. The van der Waals surface area contributed by atoms with Crippen LogP contribution in [0, 0.1) is 11.8 Å². The Morgan fingerprint density at radius 1 is 1.00 bits per heavy atom. The highest BCUT2D eigenvalue weighted by atomic mass is 16.6. The molecular formula is C18H28O4. The van der Waals surface area contributed by atoms with Crippen molar-refractivity contribution in [3.05, 3.63) is 25.3 Å². The van der Waals surface area contributed by atoms with Gasteiger partial charge in [0.1, 0.15) is 12.2 Å². The van der Waals surface area contributed by atoms with E-state index in [4.69, 9.17) is 9.47 Å². The van der Waals surface area contributed by atoms with Crippen LogP contribution in [0.25, 0.3) is 0 Å². The number of ether oxygens (including phenoxy) is 2. The van der Waals surface area contributed by atoms with Gasteiger partial charge >= 0.3 is 11.9 Å². The molecule has 0 N–H and O–H groups in total.